The third-order valence-electron chi connectivity index (χ3n) is 6.15. The molecular weight excluding hydrogens is 426 g/mol. The van der Waals surface area contributed by atoms with Crippen molar-refractivity contribution < 1.29 is 17.9 Å². The predicted molar refractivity (Wildman–Crippen MR) is 126 cm³/mol. The fourth-order valence-corrected chi connectivity index (χ4v) is 5.64. The monoisotopic (exact) mass is 457 g/mol. The third kappa shape index (κ3) is 4.98. The number of nitrogens with one attached hydrogen (secondary N) is 1. The number of carbonyl (C=O) groups is 1. The number of sulfonamides is 1. The van der Waals surface area contributed by atoms with Crippen molar-refractivity contribution in [3.05, 3.63) is 53.6 Å². The predicted octanol–water partition coefficient (Wildman–Crippen LogP) is 3.51. The number of hydrogen-bond acceptors (Lipinski definition) is 5. The van der Waals surface area contributed by atoms with Crippen LogP contribution in [0.15, 0.2) is 47.4 Å². The molecule has 0 unspecified atom stereocenters. The van der Waals surface area contributed by atoms with E-state index in [-0.39, 0.29) is 10.8 Å². The van der Waals surface area contributed by atoms with E-state index in [0.29, 0.717) is 37.6 Å². The summed E-state index contributed by atoms with van der Waals surface area (Å²) in [5.41, 5.74) is 3.11. The van der Waals surface area contributed by atoms with E-state index in [9.17, 15) is 13.2 Å². The van der Waals surface area contributed by atoms with Gasteiger partial charge in [-0.3, -0.25) is 4.79 Å². The first-order chi connectivity index (χ1) is 15.5. The Morgan fingerprint density at radius 2 is 1.66 bits per heavy atom. The number of nitrogens with zero attached hydrogens (tertiary/aromatic N) is 2. The average molecular weight is 458 g/mol. The Bertz CT molecular complexity index is 1040. The second kappa shape index (κ2) is 10.0. The first kappa shape index (κ1) is 22.8. The first-order valence-electron chi connectivity index (χ1n) is 11.4. The summed E-state index contributed by atoms with van der Waals surface area (Å²) in [7, 11) is -3.66. The minimum Gasteiger partial charge on any atom is -0.379 e. The van der Waals surface area contributed by atoms with Crippen molar-refractivity contribution in [2.45, 2.75) is 37.5 Å². The molecule has 2 fully saturated rings. The van der Waals surface area contributed by atoms with Crippen molar-refractivity contribution in [2.24, 2.45) is 0 Å². The standard InChI is InChI=1S/C24H31N3O4S/c1-2-19-6-8-20(9-7-19)24(28)25-22-18-21(32(29,30)27-14-16-31-17-15-27)10-11-23(22)26-12-4-3-5-13-26/h6-11,18H,2-5,12-17H2,1H3,(H,25,28). The van der Waals surface area contributed by atoms with Crippen molar-refractivity contribution in [1.82, 2.24) is 4.31 Å². The molecule has 8 heteroatoms. The Kier molecular flexibility index (Phi) is 7.13. The number of benzene rings is 2. The number of hydrogen-bond donors (Lipinski definition) is 1. The van der Waals surface area contributed by atoms with Crippen LogP contribution in [0.1, 0.15) is 42.1 Å². The molecule has 2 aromatic rings. The molecule has 2 aliphatic rings. The topological polar surface area (TPSA) is 79.0 Å². The zero-order valence-corrected chi connectivity index (χ0v) is 19.4. The highest BCUT2D eigenvalue weighted by molar-refractivity contribution is 7.89. The molecule has 0 aliphatic carbocycles. The minimum atomic E-state index is -3.66. The van der Waals surface area contributed by atoms with Gasteiger partial charge in [-0.25, -0.2) is 8.42 Å². The molecule has 2 saturated heterocycles. The fraction of sp³-hybridized carbons (Fsp3) is 0.458. The van der Waals surface area contributed by atoms with E-state index in [1.165, 1.54) is 10.7 Å². The number of carbonyl (C=O) groups excluding carboxylic acids is 1. The van der Waals surface area contributed by atoms with E-state index < -0.39 is 10.0 Å². The molecule has 0 saturated carbocycles. The maximum Gasteiger partial charge on any atom is 0.255 e. The fourth-order valence-electron chi connectivity index (χ4n) is 4.21. The molecule has 0 bridgehead atoms. The van der Waals surface area contributed by atoms with Crippen molar-refractivity contribution in [1.29, 1.82) is 0 Å². The molecule has 1 amide bonds. The summed E-state index contributed by atoms with van der Waals surface area (Å²) in [6, 6.07) is 12.6. The van der Waals surface area contributed by atoms with Gasteiger partial charge >= 0.3 is 0 Å². The molecule has 2 aromatic carbocycles. The Morgan fingerprint density at radius 3 is 2.31 bits per heavy atom. The van der Waals surface area contributed by atoms with Gasteiger partial charge in [0.1, 0.15) is 0 Å². The van der Waals surface area contributed by atoms with Crippen LogP contribution in [-0.4, -0.2) is 58.0 Å². The Morgan fingerprint density at radius 1 is 0.969 bits per heavy atom. The molecule has 2 aliphatic heterocycles. The van der Waals surface area contributed by atoms with Gasteiger partial charge in [0.05, 0.1) is 29.5 Å². The molecule has 2 heterocycles. The van der Waals surface area contributed by atoms with Gasteiger partial charge in [0.2, 0.25) is 10.0 Å². The quantitative estimate of drug-likeness (QED) is 0.718. The lowest BCUT2D eigenvalue weighted by molar-refractivity contribution is 0.0730. The molecule has 32 heavy (non-hydrogen) atoms. The molecule has 7 nitrogen and oxygen atoms in total. The van der Waals surface area contributed by atoms with Crippen LogP contribution in [0, 0.1) is 0 Å². The van der Waals surface area contributed by atoms with Gasteiger partial charge in [0.25, 0.3) is 5.91 Å². The largest absolute Gasteiger partial charge is 0.379 e. The molecule has 0 spiro atoms. The highest BCUT2D eigenvalue weighted by Crippen LogP contribution is 2.32. The molecule has 0 radical (unpaired) electrons. The van der Waals surface area contributed by atoms with E-state index in [1.54, 1.807) is 12.1 Å². The highest BCUT2D eigenvalue weighted by atomic mass is 32.2. The molecule has 0 aromatic heterocycles. The molecule has 4 rings (SSSR count). The summed E-state index contributed by atoms with van der Waals surface area (Å²) < 4.78 is 33.1. The van der Waals surface area contributed by atoms with Crippen LogP contribution in [0.5, 0.6) is 0 Å². The molecule has 172 valence electrons. The zero-order valence-electron chi connectivity index (χ0n) is 18.5. The van der Waals surface area contributed by atoms with Crippen LogP contribution in [0.3, 0.4) is 0 Å². The third-order valence-corrected chi connectivity index (χ3v) is 8.04. The van der Waals surface area contributed by atoms with E-state index in [4.69, 9.17) is 4.74 Å². The maximum absolute atomic E-state index is 13.2. The van der Waals surface area contributed by atoms with Crippen LogP contribution in [-0.2, 0) is 21.2 Å². The van der Waals surface area contributed by atoms with Crippen molar-refractivity contribution >= 4 is 27.3 Å². The van der Waals surface area contributed by atoms with Crippen molar-refractivity contribution in [2.75, 3.05) is 49.6 Å². The summed E-state index contributed by atoms with van der Waals surface area (Å²) in [4.78, 5) is 15.4. The molecule has 1 N–H and O–H groups in total. The van der Waals surface area contributed by atoms with Crippen LogP contribution < -0.4 is 10.2 Å². The van der Waals surface area contributed by atoms with Crippen LogP contribution >= 0.6 is 0 Å². The van der Waals surface area contributed by atoms with Crippen molar-refractivity contribution in [3.8, 4) is 0 Å². The normalized spacial score (nSPS) is 17.8. The maximum atomic E-state index is 13.2. The van der Waals surface area contributed by atoms with Crippen LogP contribution in [0.25, 0.3) is 0 Å². The Hall–Kier alpha value is -2.42. The Labute approximate surface area is 190 Å². The first-order valence-corrected chi connectivity index (χ1v) is 12.8. The summed E-state index contributed by atoms with van der Waals surface area (Å²) >= 11 is 0. The Balaban J connectivity index is 1.66. The number of rotatable bonds is 6. The van der Waals surface area contributed by atoms with Gasteiger partial charge in [0.15, 0.2) is 0 Å². The highest BCUT2D eigenvalue weighted by Gasteiger charge is 2.28. The summed E-state index contributed by atoms with van der Waals surface area (Å²) in [6.07, 6.45) is 4.26. The van der Waals surface area contributed by atoms with E-state index >= 15 is 0 Å². The number of aryl methyl sites for hydroxylation is 1. The molecular formula is C24H31N3O4S. The lowest BCUT2D eigenvalue weighted by atomic mass is 10.1. The number of amides is 1. The summed E-state index contributed by atoms with van der Waals surface area (Å²) in [6.45, 7) is 5.31. The smallest absolute Gasteiger partial charge is 0.255 e. The number of ether oxygens (including phenoxy) is 1. The summed E-state index contributed by atoms with van der Waals surface area (Å²) in [5, 5.41) is 2.99. The van der Waals surface area contributed by atoms with Crippen molar-refractivity contribution in [3.63, 3.8) is 0 Å². The number of morpholine rings is 1. The number of anilines is 2. The van der Waals surface area contributed by atoms with Crippen LogP contribution in [0.4, 0.5) is 11.4 Å². The average Bonchev–Trinajstić information content (AvgIpc) is 2.85. The zero-order chi connectivity index (χ0) is 22.6. The minimum absolute atomic E-state index is 0.191. The number of piperidine rings is 1. The van der Waals surface area contributed by atoms with Crippen LogP contribution in [0.2, 0.25) is 0 Å². The second-order valence-electron chi connectivity index (χ2n) is 8.25. The SMILES string of the molecule is CCc1ccc(C(=O)Nc2cc(S(=O)(=O)N3CCOCC3)ccc2N2CCCCC2)cc1. The second-order valence-corrected chi connectivity index (χ2v) is 10.2. The lowest BCUT2D eigenvalue weighted by Gasteiger charge is -2.31. The molecule has 0 atom stereocenters. The van der Waals surface area contributed by atoms with E-state index in [2.05, 4.69) is 17.1 Å². The van der Waals surface area contributed by atoms with Gasteiger partial charge in [0, 0.05) is 31.7 Å². The lowest BCUT2D eigenvalue weighted by Crippen LogP contribution is -2.40. The van der Waals surface area contributed by atoms with Gasteiger partial charge in [-0.05, 0) is 61.6 Å². The van der Waals surface area contributed by atoms with Gasteiger partial charge in [-0.1, -0.05) is 19.1 Å². The van der Waals surface area contributed by atoms with E-state index in [0.717, 1.165) is 43.6 Å². The van der Waals surface area contributed by atoms with Gasteiger partial charge in [-0.15, -0.1) is 0 Å². The van der Waals surface area contributed by atoms with E-state index in [1.807, 2.05) is 30.3 Å². The van der Waals surface area contributed by atoms with Gasteiger partial charge < -0.3 is 15.0 Å². The summed E-state index contributed by atoms with van der Waals surface area (Å²) in [5.74, 6) is -0.244. The van der Waals surface area contributed by atoms with Gasteiger partial charge in [-0.2, -0.15) is 4.31 Å².